The Bertz CT molecular complexity index is 1020. The first kappa shape index (κ1) is 16.4. The lowest BCUT2D eigenvalue weighted by atomic mass is 10.2. The van der Waals surface area contributed by atoms with Gasteiger partial charge in [0.25, 0.3) is 0 Å². The molecule has 1 aliphatic heterocycles. The van der Waals surface area contributed by atoms with E-state index in [1.165, 1.54) is 0 Å². The van der Waals surface area contributed by atoms with E-state index in [0.717, 1.165) is 18.7 Å². The van der Waals surface area contributed by atoms with E-state index in [2.05, 4.69) is 20.5 Å². The van der Waals surface area contributed by atoms with Crippen molar-refractivity contribution in [2.24, 2.45) is 0 Å². The molecule has 2 amide bonds. The monoisotopic (exact) mass is 356 g/mol. The van der Waals surface area contributed by atoms with Gasteiger partial charge in [0.15, 0.2) is 11.4 Å². The number of aryl methyl sites for hydroxylation is 2. The summed E-state index contributed by atoms with van der Waals surface area (Å²) in [6.45, 7) is 4.89. The molecule has 0 radical (unpaired) electrons. The average molecular weight is 356 g/mol. The Balaban J connectivity index is 1.55. The van der Waals surface area contributed by atoms with Crippen LogP contribution in [0.3, 0.4) is 0 Å². The van der Waals surface area contributed by atoms with Crippen molar-refractivity contribution in [1.82, 2.24) is 24.6 Å². The number of likely N-dealkylation sites (tertiary alicyclic amines) is 1. The molecule has 0 unspecified atom stereocenters. The van der Waals surface area contributed by atoms with Crippen LogP contribution in [0.15, 0.2) is 27.4 Å². The van der Waals surface area contributed by atoms with Crippen molar-refractivity contribution in [3.05, 3.63) is 40.4 Å². The quantitative estimate of drug-likeness (QED) is 0.749. The summed E-state index contributed by atoms with van der Waals surface area (Å²) in [5.74, 6) is 0.968. The number of amides is 2. The number of oxazole rings is 1. The molecule has 1 saturated heterocycles. The van der Waals surface area contributed by atoms with Crippen molar-refractivity contribution in [3.63, 3.8) is 0 Å². The maximum Gasteiger partial charge on any atom is 0.419 e. The summed E-state index contributed by atoms with van der Waals surface area (Å²) in [5.41, 5.74) is 1.75. The molecule has 26 heavy (non-hydrogen) atoms. The summed E-state index contributed by atoms with van der Waals surface area (Å²) in [6.07, 6.45) is 1.73. The van der Waals surface area contributed by atoms with Gasteiger partial charge < -0.3 is 14.6 Å². The first-order valence-electron chi connectivity index (χ1n) is 8.66. The topological polar surface area (TPSA) is 109 Å². The number of carbonyl (C=O) groups excluding carboxylic acids is 1. The normalized spacial score (nSPS) is 17.2. The number of fused-ring (bicyclic) bond motifs is 1. The Morgan fingerprint density at radius 1 is 1.46 bits per heavy atom. The lowest BCUT2D eigenvalue weighted by molar-refractivity contribution is 0.205. The number of rotatable bonds is 3. The Kier molecular flexibility index (Phi) is 3.98. The Hall–Kier alpha value is -3.10. The van der Waals surface area contributed by atoms with Crippen molar-refractivity contribution in [3.8, 4) is 0 Å². The van der Waals surface area contributed by atoms with E-state index < -0.39 is 5.76 Å². The highest BCUT2D eigenvalue weighted by atomic mass is 16.4. The summed E-state index contributed by atoms with van der Waals surface area (Å²) in [7, 11) is 0. The maximum absolute atomic E-state index is 12.7. The highest BCUT2D eigenvalue weighted by Crippen LogP contribution is 2.30. The number of nitrogens with one attached hydrogen (secondary N) is 2. The number of benzene rings is 1. The number of aromatic amines is 1. The molecule has 3 aromatic rings. The zero-order valence-electron chi connectivity index (χ0n) is 14.7. The molecule has 4 rings (SSSR count). The SMILES string of the molecule is CCn1c(=O)oc2cc(NC(=O)N3CCC[C@@H]3c3n[nH]c(C)n3)ccc21. The summed E-state index contributed by atoms with van der Waals surface area (Å²) >= 11 is 0. The van der Waals surface area contributed by atoms with E-state index in [1.54, 1.807) is 27.7 Å². The van der Waals surface area contributed by atoms with Crippen LogP contribution in [0.25, 0.3) is 11.1 Å². The smallest absolute Gasteiger partial charge is 0.408 e. The molecule has 0 spiro atoms. The van der Waals surface area contributed by atoms with Gasteiger partial charge in [-0.3, -0.25) is 9.67 Å². The first-order valence-corrected chi connectivity index (χ1v) is 8.66. The predicted octanol–water partition coefficient (Wildman–Crippen LogP) is 2.41. The summed E-state index contributed by atoms with van der Waals surface area (Å²) in [6, 6.07) is 4.86. The second kappa shape index (κ2) is 6.32. The van der Waals surface area contributed by atoms with Crippen LogP contribution in [0.1, 0.15) is 37.5 Å². The molecule has 9 nitrogen and oxygen atoms in total. The van der Waals surface area contributed by atoms with Crippen LogP contribution in [-0.2, 0) is 6.54 Å². The third-order valence-corrected chi connectivity index (χ3v) is 4.66. The predicted molar refractivity (Wildman–Crippen MR) is 95.0 cm³/mol. The fraction of sp³-hybridized carbons (Fsp3) is 0.412. The molecule has 1 atom stereocenters. The van der Waals surface area contributed by atoms with E-state index in [9.17, 15) is 9.59 Å². The molecular weight excluding hydrogens is 336 g/mol. The van der Waals surface area contributed by atoms with E-state index in [1.807, 2.05) is 13.8 Å². The lowest BCUT2D eigenvalue weighted by Gasteiger charge is -2.22. The standard InChI is InChI=1S/C17H20N6O3/c1-3-22-12-7-6-11(9-14(12)26-17(22)25)19-16(24)23-8-4-5-13(23)15-18-10(2)20-21-15/h6-7,9,13H,3-5,8H2,1-2H3,(H,19,24)(H,18,20,21)/t13-/m1/s1. The fourth-order valence-electron chi connectivity index (χ4n) is 3.43. The molecule has 0 saturated carbocycles. The van der Waals surface area contributed by atoms with Crippen LogP contribution >= 0.6 is 0 Å². The maximum atomic E-state index is 12.7. The van der Waals surface area contributed by atoms with Crippen molar-refractivity contribution in [1.29, 1.82) is 0 Å². The number of urea groups is 1. The Labute approximate surface area is 149 Å². The number of hydrogen-bond acceptors (Lipinski definition) is 5. The molecule has 2 N–H and O–H groups in total. The van der Waals surface area contributed by atoms with Gasteiger partial charge >= 0.3 is 11.8 Å². The zero-order chi connectivity index (χ0) is 18.3. The first-order chi connectivity index (χ1) is 12.6. The molecular formula is C17H20N6O3. The van der Waals surface area contributed by atoms with E-state index in [4.69, 9.17) is 4.42 Å². The third-order valence-electron chi connectivity index (χ3n) is 4.66. The highest BCUT2D eigenvalue weighted by Gasteiger charge is 2.32. The number of nitrogens with zero attached hydrogens (tertiary/aromatic N) is 4. The van der Waals surface area contributed by atoms with Crippen LogP contribution < -0.4 is 11.1 Å². The number of carbonyl (C=O) groups is 1. The van der Waals surface area contributed by atoms with E-state index in [0.29, 0.717) is 35.7 Å². The Morgan fingerprint density at radius 3 is 3.04 bits per heavy atom. The van der Waals surface area contributed by atoms with Crippen molar-refractivity contribution in [2.75, 3.05) is 11.9 Å². The Morgan fingerprint density at radius 2 is 2.31 bits per heavy atom. The molecule has 9 heteroatoms. The van der Waals surface area contributed by atoms with Gasteiger partial charge in [0.2, 0.25) is 0 Å². The minimum Gasteiger partial charge on any atom is -0.408 e. The zero-order valence-corrected chi connectivity index (χ0v) is 14.7. The largest absolute Gasteiger partial charge is 0.419 e. The van der Waals surface area contributed by atoms with E-state index in [-0.39, 0.29) is 12.1 Å². The molecule has 1 aromatic carbocycles. The summed E-state index contributed by atoms with van der Waals surface area (Å²) in [5, 5.41) is 9.89. The highest BCUT2D eigenvalue weighted by molar-refractivity contribution is 5.92. The van der Waals surface area contributed by atoms with Crippen LogP contribution in [-0.4, -0.2) is 37.2 Å². The second-order valence-corrected chi connectivity index (χ2v) is 6.36. The van der Waals surface area contributed by atoms with Gasteiger partial charge in [-0.05, 0) is 38.8 Å². The van der Waals surface area contributed by atoms with Gasteiger partial charge in [-0.25, -0.2) is 14.6 Å². The van der Waals surface area contributed by atoms with Crippen LogP contribution in [0.4, 0.5) is 10.5 Å². The number of anilines is 1. The third kappa shape index (κ3) is 2.75. The van der Waals surface area contributed by atoms with Gasteiger partial charge in [0, 0.05) is 24.8 Å². The molecule has 1 aliphatic rings. The molecule has 2 aromatic heterocycles. The van der Waals surface area contributed by atoms with Crippen molar-refractivity contribution in [2.45, 2.75) is 39.3 Å². The lowest BCUT2D eigenvalue weighted by Crippen LogP contribution is -2.34. The van der Waals surface area contributed by atoms with Gasteiger partial charge in [-0.15, -0.1) is 0 Å². The second-order valence-electron chi connectivity index (χ2n) is 6.36. The minimum absolute atomic E-state index is 0.136. The molecule has 136 valence electrons. The number of H-pyrrole nitrogens is 1. The number of aromatic nitrogens is 4. The van der Waals surface area contributed by atoms with Gasteiger partial charge in [0.1, 0.15) is 5.82 Å². The molecule has 0 aliphatic carbocycles. The molecule has 3 heterocycles. The molecule has 0 bridgehead atoms. The fourth-order valence-corrected chi connectivity index (χ4v) is 3.43. The number of hydrogen-bond donors (Lipinski definition) is 2. The van der Waals surface area contributed by atoms with Gasteiger partial charge in [-0.2, -0.15) is 5.10 Å². The van der Waals surface area contributed by atoms with Crippen molar-refractivity contribution < 1.29 is 9.21 Å². The van der Waals surface area contributed by atoms with Crippen LogP contribution in [0.5, 0.6) is 0 Å². The van der Waals surface area contributed by atoms with Crippen LogP contribution in [0, 0.1) is 6.92 Å². The van der Waals surface area contributed by atoms with Crippen molar-refractivity contribution >= 4 is 22.8 Å². The average Bonchev–Trinajstić information content (AvgIpc) is 3.31. The van der Waals surface area contributed by atoms with E-state index >= 15 is 0 Å². The van der Waals surface area contributed by atoms with Gasteiger partial charge in [-0.1, -0.05) is 0 Å². The molecule has 1 fully saturated rings. The summed E-state index contributed by atoms with van der Waals surface area (Å²) < 4.78 is 6.79. The summed E-state index contributed by atoms with van der Waals surface area (Å²) in [4.78, 5) is 30.6. The minimum atomic E-state index is -0.398. The van der Waals surface area contributed by atoms with Gasteiger partial charge in [0.05, 0.1) is 11.6 Å². The van der Waals surface area contributed by atoms with Crippen LogP contribution in [0.2, 0.25) is 0 Å².